The molecule has 3 nitrogen and oxygen atoms in total. The van der Waals surface area contributed by atoms with E-state index in [1.165, 1.54) is 31.3 Å². The van der Waals surface area contributed by atoms with Crippen molar-refractivity contribution < 1.29 is 15.3 Å². The first-order valence-corrected chi connectivity index (χ1v) is 12.3. The zero-order valence-corrected chi connectivity index (χ0v) is 20.3. The number of aliphatic hydroxyl groups is 3. The molecule has 31 heavy (non-hydrogen) atoms. The van der Waals surface area contributed by atoms with Crippen LogP contribution >= 0.6 is 0 Å². The average molecular weight is 429 g/mol. The number of aliphatic hydroxyl groups excluding tert-OH is 2. The first-order chi connectivity index (χ1) is 14.4. The first-order valence-electron chi connectivity index (χ1n) is 12.3. The Balaban J connectivity index is 1.76. The van der Waals surface area contributed by atoms with Crippen LogP contribution in [-0.4, -0.2) is 33.1 Å². The third-order valence-corrected chi connectivity index (χ3v) is 8.75. The van der Waals surface area contributed by atoms with E-state index < -0.39 is 17.8 Å². The van der Waals surface area contributed by atoms with Gasteiger partial charge in [0.25, 0.3) is 0 Å². The Morgan fingerprint density at radius 1 is 1.13 bits per heavy atom. The molecule has 1 unspecified atom stereocenters. The number of hydrogen-bond acceptors (Lipinski definition) is 3. The maximum absolute atomic E-state index is 10.3. The third kappa shape index (κ3) is 5.26. The zero-order valence-electron chi connectivity index (χ0n) is 20.3. The maximum Gasteiger partial charge on any atom is 0.0811 e. The monoisotopic (exact) mass is 428 g/mol. The van der Waals surface area contributed by atoms with Crippen LogP contribution in [0.1, 0.15) is 79.6 Å². The van der Waals surface area contributed by atoms with Gasteiger partial charge in [0.1, 0.15) is 0 Å². The van der Waals surface area contributed by atoms with Crippen LogP contribution in [0.2, 0.25) is 0 Å². The highest BCUT2D eigenvalue weighted by Crippen LogP contribution is 2.59. The van der Waals surface area contributed by atoms with Gasteiger partial charge >= 0.3 is 0 Å². The summed E-state index contributed by atoms with van der Waals surface area (Å²) in [6, 6.07) is 0. The maximum atomic E-state index is 10.3. The molecule has 3 N–H and O–H groups in total. The fraction of sp³-hybridized carbons (Fsp3) is 0.714. The minimum Gasteiger partial charge on any atom is -0.393 e. The molecule has 3 aliphatic rings. The summed E-state index contributed by atoms with van der Waals surface area (Å²) in [4.78, 5) is 0. The van der Waals surface area contributed by atoms with Crippen molar-refractivity contribution in [3.8, 4) is 0 Å². The largest absolute Gasteiger partial charge is 0.393 e. The predicted molar refractivity (Wildman–Crippen MR) is 128 cm³/mol. The third-order valence-electron chi connectivity index (χ3n) is 8.75. The topological polar surface area (TPSA) is 60.7 Å². The second-order valence-corrected chi connectivity index (χ2v) is 11.4. The number of allylic oxidation sites excluding steroid dienone is 4. The molecule has 3 aliphatic carbocycles. The van der Waals surface area contributed by atoms with Gasteiger partial charge in [-0.2, -0.15) is 0 Å². The summed E-state index contributed by atoms with van der Waals surface area (Å²) in [6.45, 7) is 14.7. The van der Waals surface area contributed by atoms with Crippen LogP contribution in [-0.2, 0) is 0 Å². The molecule has 7 atom stereocenters. The fourth-order valence-corrected chi connectivity index (χ4v) is 6.32. The quantitative estimate of drug-likeness (QED) is 0.490. The Labute approximate surface area is 189 Å². The lowest BCUT2D eigenvalue weighted by Crippen LogP contribution is -2.35. The summed E-state index contributed by atoms with van der Waals surface area (Å²) < 4.78 is 0. The predicted octanol–water partition coefficient (Wildman–Crippen LogP) is 5.73. The normalized spacial score (nSPS) is 39.3. The van der Waals surface area contributed by atoms with E-state index in [0.717, 1.165) is 17.6 Å². The molecule has 3 saturated carbocycles. The smallest absolute Gasteiger partial charge is 0.0811 e. The van der Waals surface area contributed by atoms with Crippen LogP contribution < -0.4 is 0 Å². The molecular formula is C28H44O3. The Bertz CT molecular complexity index is 753. The van der Waals surface area contributed by atoms with Crippen molar-refractivity contribution in [2.24, 2.45) is 29.1 Å². The molecule has 0 aromatic carbocycles. The summed E-state index contributed by atoms with van der Waals surface area (Å²) in [7, 11) is 0. The van der Waals surface area contributed by atoms with Crippen LogP contribution in [0.25, 0.3) is 0 Å². The van der Waals surface area contributed by atoms with Gasteiger partial charge in [0.2, 0.25) is 0 Å². The highest BCUT2D eigenvalue weighted by atomic mass is 16.3. The van der Waals surface area contributed by atoms with Gasteiger partial charge in [0.05, 0.1) is 17.8 Å². The molecule has 0 bridgehead atoms. The van der Waals surface area contributed by atoms with E-state index in [1.807, 2.05) is 13.8 Å². The van der Waals surface area contributed by atoms with E-state index in [1.54, 1.807) is 0 Å². The minimum absolute atomic E-state index is 0.141. The van der Waals surface area contributed by atoms with E-state index in [2.05, 4.69) is 51.7 Å². The Morgan fingerprint density at radius 2 is 1.84 bits per heavy atom. The zero-order chi connectivity index (χ0) is 23.0. The molecule has 0 radical (unpaired) electrons. The molecule has 3 fully saturated rings. The van der Waals surface area contributed by atoms with Crippen molar-refractivity contribution in [3.63, 3.8) is 0 Å². The van der Waals surface area contributed by atoms with E-state index in [0.29, 0.717) is 36.0 Å². The van der Waals surface area contributed by atoms with Gasteiger partial charge in [0.15, 0.2) is 0 Å². The van der Waals surface area contributed by atoms with Crippen LogP contribution in [0.15, 0.2) is 47.6 Å². The molecule has 0 aromatic rings. The van der Waals surface area contributed by atoms with E-state index in [4.69, 9.17) is 0 Å². The summed E-state index contributed by atoms with van der Waals surface area (Å²) in [5.41, 5.74) is 2.93. The van der Waals surface area contributed by atoms with Gasteiger partial charge in [-0.1, -0.05) is 57.2 Å². The van der Waals surface area contributed by atoms with Crippen molar-refractivity contribution >= 4 is 0 Å². The van der Waals surface area contributed by atoms with Crippen LogP contribution in [0, 0.1) is 29.1 Å². The van der Waals surface area contributed by atoms with Gasteiger partial charge in [-0.3, -0.25) is 0 Å². The molecular weight excluding hydrogens is 384 g/mol. The lowest BCUT2D eigenvalue weighted by Gasteiger charge is -2.44. The van der Waals surface area contributed by atoms with Gasteiger partial charge < -0.3 is 15.3 Å². The van der Waals surface area contributed by atoms with E-state index >= 15 is 0 Å². The molecule has 3 heteroatoms. The lowest BCUT2D eigenvalue weighted by atomic mass is 9.61. The molecule has 0 saturated heterocycles. The van der Waals surface area contributed by atoms with E-state index in [9.17, 15) is 15.3 Å². The standard InChI is InChI=1S/C28H44O3/c1-18(9-10-19(2)27(4,5)31)24-13-14-25-21(8-7-15-28(24,25)6)11-12-22-16-23(29)17-26(30)20(22)3/h9-12,18-19,23-26,29-31H,3,7-8,13-17H2,1-2,4-6H3/t18-,19?,23-,24-,25+,26+,28-/m1/s1. The van der Waals surface area contributed by atoms with Crippen molar-refractivity contribution in [1.29, 1.82) is 0 Å². The SMILES string of the molecule is C=C1C(=CC=C2CCC[C@]3(C)[C@@H]([C@H](C)C=CC(C)C(C)(C)O)CC[C@@H]23)C[C@@H](O)C[C@@H]1O. The summed E-state index contributed by atoms with van der Waals surface area (Å²) >= 11 is 0. The number of rotatable bonds is 5. The molecule has 0 aliphatic heterocycles. The van der Waals surface area contributed by atoms with Crippen molar-refractivity contribution in [2.45, 2.75) is 97.4 Å². The number of hydrogen-bond donors (Lipinski definition) is 3. The fourth-order valence-electron chi connectivity index (χ4n) is 6.32. The summed E-state index contributed by atoms with van der Waals surface area (Å²) in [5.74, 6) is 1.91. The lowest BCUT2D eigenvalue weighted by molar-refractivity contribution is 0.0436. The highest BCUT2D eigenvalue weighted by molar-refractivity contribution is 5.38. The Morgan fingerprint density at radius 3 is 2.52 bits per heavy atom. The summed E-state index contributed by atoms with van der Waals surface area (Å²) in [5, 5.41) is 30.4. The Kier molecular flexibility index (Phi) is 7.40. The van der Waals surface area contributed by atoms with Crippen molar-refractivity contribution in [1.82, 2.24) is 0 Å². The first kappa shape index (κ1) is 24.5. The molecule has 0 heterocycles. The molecule has 3 rings (SSSR count). The van der Waals surface area contributed by atoms with Gasteiger partial charge in [-0.05, 0) is 86.7 Å². The van der Waals surface area contributed by atoms with Crippen LogP contribution in [0.4, 0.5) is 0 Å². The highest BCUT2D eigenvalue weighted by Gasteiger charge is 2.50. The van der Waals surface area contributed by atoms with Crippen molar-refractivity contribution in [2.75, 3.05) is 0 Å². The van der Waals surface area contributed by atoms with Crippen LogP contribution in [0.5, 0.6) is 0 Å². The van der Waals surface area contributed by atoms with Crippen molar-refractivity contribution in [3.05, 3.63) is 47.6 Å². The Hall–Kier alpha value is -1.16. The minimum atomic E-state index is -0.684. The summed E-state index contributed by atoms with van der Waals surface area (Å²) in [6.07, 6.45) is 15.0. The molecule has 0 aromatic heterocycles. The second kappa shape index (κ2) is 9.37. The van der Waals surface area contributed by atoms with Gasteiger partial charge in [0, 0.05) is 12.3 Å². The number of fused-ring (bicyclic) bond motifs is 1. The molecule has 174 valence electrons. The average Bonchev–Trinajstić information content (AvgIpc) is 3.04. The van der Waals surface area contributed by atoms with E-state index in [-0.39, 0.29) is 5.92 Å². The van der Waals surface area contributed by atoms with Gasteiger partial charge in [-0.15, -0.1) is 0 Å². The molecule has 0 spiro atoms. The second-order valence-electron chi connectivity index (χ2n) is 11.4. The van der Waals surface area contributed by atoms with Gasteiger partial charge in [-0.25, -0.2) is 0 Å². The van der Waals surface area contributed by atoms with Crippen LogP contribution in [0.3, 0.4) is 0 Å². The molecule has 0 amide bonds.